The van der Waals surface area contributed by atoms with Crippen LogP contribution in [0.1, 0.15) is 13.3 Å². The van der Waals surface area contributed by atoms with E-state index in [4.69, 9.17) is 4.74 Å². The van der Waals surface area contributed by atoms with Gasteiger partial charge in [0.05, 0.1) is 11.4 Å². The molecule has 0 saturated carbocycles. The van der Waals surface area contributed by atoms with E-state index in [0.717, 1.165) is 0 Å². The van der Waals surface area contributed by atoms with E-state index in [1.165, 1.54) is 24.0 Å². The number of nitrogens with zero attached hydrogens (tertiary/aromatic N) is 1. The number of nitrogens with one attached hydrogen (secondary N) is 1. The molecule has 2 amide bonds. The second kappa shape index (κ2) is 9.50. The normalized spacial score (nSPS) is 10.3. The number of carbonyl (C=O) groups excluding carboxylic acids is 2. The van der Waals surface area contributed by atoms with Gasteiger partial charge in [-0.2, -0.15) is 0 Å². The Morgan fingerprint density at radius 2 is 1.59 bits per heavy atom. The molecule has 0 radical (unpaired) electrons. The maximum absolute atomic E-state index is 13.7. The predicted octanol–water partition coefficient (Wildman–Crippen LogP) is 5.00. The molecule has 29 heavy (non-hydrogen) atoms. The Labute approximate surface area is 168 Å². The Hall–Kier alpha value is -3.67. The van der Waals surface area contributed by atoms with Crippen molar-refractivity contribution >= 4 is 23.2 Å². The van der Waals surface area contributed by atoms with E-state index in [9.17, 15) is 14.0 Å². The lowest BCUT2D eigenvalue weighted by atomic mass is 10.2. The zero-order chi connectivity index (χ0) is 20.6. The van der Waals surface area contributed by atoms with Crippen LogP contribution >= 0.6 is 0 Å². The molecule has 148 valence electrons. The van der Waals surface area contributed by atoms with E-state index < -0.39 is 5.82 Å². The molecule has 1 N–H and O–H groups in total. The molecule has 0 aliphatic rings. The van der Waals surface area contributed by atoms with Crippen LogP contribution in [0.2, 0.25) is 0 Å². The summed E-state index contributed by atoms with van der Waals surface area (Å²) in [7, 11) is 0. The number of carbonyl (C=O) groups is 2. The fourth-order valence-corrected chi connectivity index (χ4v) is 2.82. The van der Waals surface area contributed by atoms with Gasteiger partial charge in [0.1, 0.15) is 11.6 Å². The molecule has 3 aromatic rings. The lowest BCUT2D eigenvalue weighted by Gasteiger charge is -2.23. The summed E-state index contributed by atoms with van der Waals surface area (Å²) in [5.41, 5.74) is 0.669. The van der Waals surface area contributed by atoms with E-state index in [0.29, 0.717) is 17.2 Å². The molecule has 0 bridgehead atoms. The molecule has 0 atom stereocenters. The lowest BCUT2D eigenvalue weighted by Crippen LogP contribution is -2.32. The van der Waals surface area contributed by atoms with Gasteiger partial charge in [0.25, 0.3) is 0 Å². The van der Waals surface area contributed by atoms with Gasteiger partial charge in [0.15, 0.2) is 5.75 Å². The first-order valence-electron chi connectivity index (χ1n) is 9.19. The Bertz CT molecular complexity index is 992. The zero-order valence-corrected chi connectivity index (χ0v) is 16.0. The van der Waals surface area contributed by atoms with Crippen LogP contribution in [0.15, 0.2) is 78.9 Å². The van der Waals surface area contributed by atoms with E-state index >= 15 is 0 Å². The van der Waals surface area contributed by atoms with Gasteiger partial charge >= 0.3 is 0 Å². The molecule has 0 fully saturated rings. The highest BCUT2D eigenvalue weighted by Crippen LogP contribution is 2.32. The third-order valence-electron chi connectivity index (χ3n) is 4.22. The van der Waals surface area contributed by atoms with Crippen LogP contribution in [0, 0.1) is 5.82 Å². The highest BCUT2D eigenvalue weighted by atomic mass is 19.1. The number of anilines is 2. The summed E-state index contributed by atoms with van der Waals surface area (Å²) in [5, 5.41) is 2.53. The quantitative estimate of drug-likeness (QED) is 0.616. The maximum Gasteiger partial charge on any atom is 0.226 e. The molecular formula is C23H21FN2O3. The van der Waals surface area contributed by atoms with E-state index in [2.05, 4.69) is 5.32 Å². The second-order valence-electron chi connectivity index (χ2n) is 6.33. The van der Waals surface area contributed by atoms with Gasteiger partial charge in [-0.25, -0.2) is 4.39 Å². The van der Waals surface area contributed by atoms with Crippen molar-refractivity contribution in [3.8, 4) is 11.5 Å². The van der Waals surface area contributed by atoms with E-state index in [1.807, 2.05) is 36.4 Å². The standard InChI is InChI=1S/C23H21FN2O3/c1-17(27)26(16-15-23(28)25-20-12-6-5-11-19(20)24)21-13-7-8-14-22(21)29-18-9-3-2-4-10-18/h2-14H,15-16H2,1H3,(H,25,28). The van der Waals surface area contributed by atoms with Crippen molar-refractivity contribution < 1.29 is 18.7 Å². The molecular weight excluding hydrogens is 371 g/mol. The Balaban J connectivity index is 1.72. The molecule has 0 heterocycles. The third kappa shape index (κ3) is 5.42. The lowest BCUT2D eigenvalue weighted by molar-refractivity contribution is -0.117. The fraction of sp³-hybridized carbons (Fsp3) is 0.130. The maximum atomic E-state index is 13.7. The molecule has 3 rings (SSSR count). The number of para-hydroxylation sites is 4. The number of halogens is 1. The number of amides is 2. The Morgan fingerprint density at radius 3 is 2.31 bits per heavy atom. The number of hydrogen-bond donors (Lipinski definition) is 1. The van der Waals surface area contributed by atoms with Crippen molar-refractivity contribution in [1.29, 1.82) is 0 Å². The highest BCUT2D eigenvalue weighted by molar-refractivity contribution is 5.95. The second-order valence-corrected chi connectivity index (χ2v) is 6.33. The summed E-state index contributed by atoms with van der Waals surface area (Å²) in [6, 6.07) is 22.3. The summed E-state index contributed by atoms with van der Waals surface area (Å²) in [4.78, 5) is 26.0. The molecule has 5 nitrogen and oxygen atoms in total. The van der Waals surface area contributed by atoms with Crippen molar-refractivity contribution in [2.45, 2.75) is 13.3 Å². The average Bonchev–Trinajstić information content (AvgIpc) is 2.71. The first kappa shape index (κ1) is 20.1. The third-order valence-corrected chi connectivity index (χ3v) is 4.22. The number of ether oxygens (including phenoxy) is 1. The van der Waals surface area contributed by atoms with Crippen molar-refractivity contribution in [2.75, 3.05) is 16.8 Å². The van der Waals surface area contributed by atoms with Crippen LogP contribution in [-0.4, -0.2) is 18.4 Å². The molecule has 6 heteroatoms. The van der Waals surface area contributed by atoms with E-state index in [-0.39, 0.29) is 30.5 Å². The van der Waals surface area contributed by atoms with Gasteiger partial charge in [-0.05, 0) is 36.4 Å². The fourth-order valence-electron chi connectivity index (χ4n) is 2.82. The Kier molecular flexibility index (Phi) is 6.58. The Morgan fingerprint density at radius 1 is 0.931 bits per heavy atom. The van der Waals surface area contributed by atoms with Crippen LogP contribution in [0.4, 0.5) is 15.8 Å². The SMILES string of the molecule is CC(=O)N(CCC(=O)Nc1ccccc1F)c1ccccc1Oc1ccccc1. The number of hydrogen-bond acceptors (Lipinski definition) is 3. The largest absolute Gasteiger partial charge is 0.455 e. The highest BCUT2D eigenvalue weighted by Gasteiger charge is 2.18. The van der Waals surface area contributed by atoms with Crippen LogP contribution in [-0.2, 0) is 9.59 Å². The first-order valence-corrected chi connectivity index (χ1v) is 9.19. The minimum absolute atomic E-state index is 0.00753. The molecule has 0 aliphatic heterocycles. The van der Waals surface area contributed by atoms with Gasteiger partial charge in [0, 0.05) is 19.9 Å². The topological polar surface area (TPSA) is 58.6 Å². The summed E-state index contributed by atoms with van der Waals surface area (Å²) in [5.74, 6) is 0.0191. The minimum atomic E-state index is -0.508. The monoisotopic (exact) mass is 392 g/mol. The van der Waals surface area contributed by atoms with E-state index in [1.54, 1.807) is 30.3 Å². The van der Waals surface area contributed by atoms with Gasteiger partial charge in [-0.3, -0.25) is 9.59 Å². The first-order chi connectivity index (χ1) is 14.0. The van der Waals surface area contributed by atoms with Crippen LogP contribution in [0.3, 0.4) is 0 Å². The van der Waals surface area contributed by atoms with Crippen LogP contribution in [0.25, 0.3) is 0 Å². The molecule has 0 unspecified atom stereocenters. The summed E-state index contributed by atoms with van der Waals surface area (Å²) in [6.45, 7) is 1.55. The molecule has 0 saturated heterocycles. The van der Waals surface area contributed by atoms with Gasteiger partial charge in [-0.1, -0.05) is 42.5 Å². The van der Waals surface area contributed by atoms with Crippen LogP contribution in [0.5, 0.6) is 11.5 Å². The summed E-state index contributed by atoms with van der Waals surface area (Å²) in [6.07, 6.45) is 0.00753. The van der Waals surface area contributed by atoms with Crippen LogP contribution < -0.4 is 15.0 Å². The smallest absolute Gasteiger partial charge is 0.226 e. The summed E-state index contributed by atoms with van der Waals surface area (Å²) < 4.78 is 19.6. The van der Waals surface area contributed by atoms with Crippen molar-refractivity contribution in [2.24, 2.45) is 0 Å². The van der Waals surface area contributed by atoms with Gasteiger partial charge in [-0.15, -0.1) is 0 Å². The van der Waals surface area contributed by atoms with Gasteiger partial charge in [0.2, 0.25) is 11.8 Å². The predicted molar refractivity (Wildman–Crippen MR) is 111 cm³/mol. The average molecular weight is 392 g/mol. The molecule has 0 spiro atoms. The number of rotatable bonds is 7. The molecule has 3 aromatic carbocycles. The summed E-state index contributed by atoms with van der Waals surface area (Å²) >= 11 is 0. The van der Waals surface area contributed by atoms with Gasteiger partial charge < -0.3 is 15.0 Å². The molecule has 0 aromatic heterocycles. The zero-order valence-electron chi connectivity index (χ0n) is 16.0. The number of benzene rings is 3. The van der Waals surface area contributed by atoms with Crippen molar-refractivity contribution in [3.63, 3.8) is 0 Å². The van der Waals surface area contributed by atoms with Crippen molar-refractivity contribution in [1.82, 2.24) is 0 Å². The minimum Gasteiger partial charge on any atom is -0.455 e. The molecule has 0 aliphatic carbocycles. The van der Waals surface area contributed by atoms with Crippen molar-refractivity contribution in [3.05, 3.63) is 84.7 Å².